The molecule has 7 heteroatoms. The number of benzene rings is 2. The number of hydrogen-bond acceptors (Lipinski definition) is 5. The molecule has 0 aliphatic heterocycles. The fraction of sp³-hybridized carbons (Fsp3) is 0.318. The molecule has 2 amide bonds. The first-order valence-electron chi connectivity index (χ1n) is 9.32. The van der Waals surface area contributed by atoms with Gasteiger partial charge in [-0.1, -0.05) is 84.6 Å². The number of alkyl carbamates (subject to hydrolysis) is 1. The third-order valence-corrected chi connectivity index (χ3v) is 5.36. The number of carbonyl (C=O) groups is 2. The third kappa shape index (κ3) is 8.25. The molecule has 1 atom stereocenters. The number of carbonyl (C=O) groups excluding carboxylic acids is 2. The number of nitrogens with one attached hydrogen (secondary N) is 2. The van der Waals surface area contributed by atoms with Gasteiger partial charge in [0.15, 0.2) is 0 Å². The van der Waals surface area contributed by atoms with E-state index >= 15 is 0 Å². The van der Waals surface area contributed by atoms with Gasteiger partial charge in [0.05, 0.1) is 4.20 Å². The van der Waals surface area contributed by atoms with Gasteiger partial charge in [-0.15, -0.1) is 0 Å². The van der Waals surface area contributed by atoms with E-state index in [-0.39, 0.29) is 12.5 Å². The van der Waals surface area contributed by atoms with Gasteiger partial charge in [-0.05, 0) is 31.9 Å². The Balaban J connectivity index is 1.95. The SMILES string of the molecule is CC(C)(C)OC(=O)NCCNC(=O)C(SC(=S)c1ccccc1)c1ccccc1. The molecule has 0 aliphatic rings. The maximum atomic E-state index is 12.8. The van der Waals surface area contributed by atoms with E-state index in [1.165, 1.54) is 11.8 Å². The summed E-state index contributed by atoms with van der Waals surface area (Å²) >= 11 is 6.88. The number of thiocarbonyl (C=S) groups is 1. The molecule has 29 heavy (non-hydrogen) atoms. The number of ether oxygens (including phenoxy) is 1. The van der Waals surface area contributed by atoms with Gasteiger partial charge < -0.3 is 15.4 Å². The van der Waals surface area contributed by atoms with Crippen molar-refractivity contribution in [1.82, 2.24) is 10.6 Å². The second-order valence-corrected chi connectivity index (χ2v) is 9.06. The number of hydrogen-bond donors (Lipinski definition) is 2. The average molecular weight is 431 g/mol. The van der Waals surface area contributed by atoms with Crippen molar-refractivity contribution >= 4 is 40.2 Å². The maximum absolute atomic E-state index is 12.8. The smallest absolute Gasteiger partial charge is 0.407 e. The van der Waals surface area contributed by atoms with Gasteiger partial charge in [-0.25, -0.2) is 4.79 Å². The lowest BCUT2D eigenvalue weighted by Gasteiger charge is -2.20. The van der Waals surface area contributed by atoms with Crippen molar-refractivity contribution in [2.45, 2.75) is 31.6 Å². The predicted octanol–water partition coefficient (Wildman–Crippen LogP) is 4.48. The Bertz CT molecular complexity index is 821. The Hall–Kier alpha value is -2.38. The van der Waals surface area contributed by atoms with E-state index < -0.39 is 16.9 Å². The van der Waals surface area contributed by atoms with Crippen LogP contribution in [0.4, 0.5) is 4.79 Å². The second kappa shape index (κ2) is 11.0. The van der Waals surface area contributed by atoms with Crippen LogP contribution >= 0.6 is 24.0 Å². The fourth-order valence-electron chi connectivity index (χ4n) is 2.41. The van der Waals surface area contributed by atoms with Gasteiger partial charge in [0.25, 0.3) is 0 Å². The molecule has 5 nitrogen and oxygen atoms in total. The standard InChI is InChI=1S/C22H26N2O3S2/c1-22(2,3)27-21(26)24-15-14-23-19(25)18(16-10-6-4-7-11-16)29-20(28)17-12-8-5-9-13-17/h4-13,18H,14-15H2,1-3H3,(H,23,25)(H,24,26). The summed E-state index contributed by atoms with van der Waals surface area (Å²) in [6, 6.07) is 19.1. The number of rotatable bonds is 7. The molecule has 2 aromatic rings. The van der Waals surface area contributed by atoms with E-state index in [4.69, 9.17) is 17.0 Å². The molecule has 154 valence electrons. The lowest BCUT2D eigenvalue weighted by atomic mass is 10.1. The molecule has 2 rings (SSSR count). The highest BCUT2D eigenvalue weighted by atomic mass is 32.2. The predicted molar refractivity (Wildman–Crippen MR) is 122 cm³/mol. The largest absolute Gasteiger partial charge is 0.444 e. The molecule has 2 aromatic carbocycles. The molecule has 0 saturated heterocycles. The first kappa shape index (κ1) is 22.9. The van der Waals surface area contributed by atoms with Gasteiger partial charge in [0.1, 0.15) is 10.9 Å². The van der Waals surface area contributed by atoms with Gasteiger partial charge in [0, 0.05) is 13.1 Å². The Labute approximate surface area is 181 Å². The van der Waals surface area contributed by atoms with Crippen LogP contribution in [0.1, 0.15) is 37.1 Å². The molecule has 0 radical (unpaired) electrons. The molecule has 0 spiro atoms. The summed E-state index contributed by atoms with van der Waals surface area (Å²) in [4.78, 5) is 24.5. The van der Waals surface area contributed by atoms with Crippen molar-refractivity contribution in [3.8, 4) is 0 Å². The van der Waals surface area contributed by atoms with E-state index in [1.807, 2.05) is 60.7 Å². The second-order valence-electron chi connectivity index (χ2n) is 7.28. The Kier molecular flexibility index (Phi) is 8.67. The Morgan fingerprint density at radius 3 is 2.10 bits per heavy atom. The molecule has 0 saturated carbocycles. The molecular weight excluding hydrogens is 404 g/mol. The first-order valence-corrected chi connectivity index (χ1v) is 10.6. The van der Waals surface area contributed by atoms with Crippen LogP contribution in [0.5, 0.6) is 0 Å². The summed E-state index contributed by atoms with van der Waals surface area (Å²) in [6.07, 6.45) is -0.508. The van der Waals surface area contributed by atoms with E-state index in [0.717, 1.165) is 11.1 Å². The van der Waals surface area contributed by atoms with Crippen molar-refractivity contribution in [3.05, 3.63) is 71.8 Å². The fourth-order valence-corrected chi connectivity index (χ4v) is 3.80. The minimum atomic E-state index is -0.560. The van der Waals surface area contributed by atoms with Crippen LogP contribution in [-0.2, 0) is 9.53 Å². The zero-order valence-electron chi connectivity index (χ0n) is 16.8. The third-order valence-electron chi connectivity index (χ3n) is 3.67. The van der Waals surface area contributed by atoms with Crippen LogP contribution in [-0.4, -0.2) is 34.9 Å². The average Bonchev–Trinajstić information content (AvgIpc) is 2.69. The van der Waals surface area contributed by atoms with Crippen molar-refractivity contribution in [2.24, 2.45) is 0 Å². The van der Waals surface area contributed by atoms with Crippen LogP contribution in [0.2, 0.25) is 0 Å². The van der Waals surface area contributed by atoms with Crippen molar-refractivity contribution in [2.75, 3.05) is 13.1 Å². The zero-order valence-corrected chi connectivity index (χ0v) is 18.4. The highest BCUT2D eigenvalue weighted by Gasteiger charge is 2.23. The van der Waals surface area contributed by atoms with Gasteiger partial charge in [0.2, 0.25) is 5.91 Å². The molecule has 2 N–H and O–H groups in total. The van der Waals surface area contributed by atoms with Crippen LogP contribution in [0.25, 0.3) is 0 Å². The molecule has 0 fully saturated rings. The normalized spacial score (nSPS) is 12.0. The minimum absolute atomic E-state index is 0.162. The number of thioether (sulfide) groups is 1. The summed E-state index contributed by atoms with van der Waals surface area (Å²) in [7, 11) is 0. The monoisotopic (exact) mass is 430 g/mol. The van der Waals surface area contributed by atoms with Gasteiger partial charge in [-0.2, -0.15) is 0 Å². The summed E-state index contributed by atoms with van der Waals surface area (Å²) in [5.74, 6) is -0.162. The lowest BCUT2D eigenvalue weighted by Crippen LogP contribution is -2.38. The van der Waals surface area contributed by atoms with Crippen molar-refractivity contribution in [1.29, 1.82) is 0 Å². The summed E-state index contributed by atoms with van der Waals surface area (Å²) < 4.78 is 5.83. The Morgan fingerprint density at radius 2 is 1.52 bits per heavy atom. The van der Waals surface area contributed by atoms with Gasteiger partial charge in [-0.3, -0.25) is 4.79 Å². The van der Waals surface area contributed by atoms with Crippen molar-refractivity contribution in [3.63, 3.8) is 0 Å². The van der Waals surface area contributed by atoms with E-state index in [9.17, 15) is 9.59 Å². The minimum Gasteiger partial charge on any atom is -0.444 e. The van der Waals surface area contributed by atoms with E-state index in [0.29, 0.717) is 10.7 Å². The zero-order chi connectivity index (χ0) is 21.3. The molecule has 0 heterocycles. The molecule has 1 unspecified atom stereocenters. The highest BCUT2D eigenvalue weighted by Crippen LogP contribution is 2.32. The maximum Gasteiger partial charge on any atom is 0.407 e. The van der Waals surface area contributed by atoms with Gasteiger partial charge >= 0.3 is 6.09 Å². The summed E-state index contributed by atoms with van der Waals surface area (Å²) in [6.45, 7) is 5.96. The Morgan fingerprint density at radius 1 is 0.966 bits per heavy atom. The molecular formula is C22H26N2O3S2. The molecule has 0 bridgehead atoms. The lowest BCUT2D eigenvalue weighted by molar-refractivity contribution is -0.120. The molecule has 0 aromatic heterocycles. The number of amides is 2. The van der Waals surface area contributed by atoms with E-state index in [2.05, 4.69) is 10.6 Å². The summed E-state index contributed by atoms with van der Waals surface area (Å²) in [5.41, 5.74) is 1.22. The molecule has 0 aliphatic carbocycles. The first-order chi connectivity index (χ1) is 13.8. The summed E-state index contributed by atoms with van der Waals surface area (Å²) in [5, 5.41) is 5.02. The highest BCUT2D eigenvalue weighted by molar-refractivity contribution is 8.24. The quantitative estimate of drug-likeness (QED) is 0.501. The van der Waals surface area contributed by atoms with Crippen LogP contribution in [0.15, 0.2) is 60.7 Å². The van der Waals surface area contributed by atoms with Crippen LogP contribution in [0, 0.1) is 0 Å². The van der Waals surface area contributed by atoms with Crippen molar-refractivity contribution < 1.29 is 14.3 Å². The van der Waals surface area contributed by atoms with Crippen LogP contribution < -0.4 is 10.6 Å². The van der Waals surface area contributed by atoms with E-state index in [1.54, 1.807) is 20.8 Å². The van der Waals surface area contributed by atoms with Crippen LogP contribution in [0.3, 0.4) is 0 Å². The topological polar surface area (TPSA) is 67.4 Å².